The normalized spacial score (nSPS) is 15.8. The van der Waals surface area contributed by atoms with Crippen LogP contribution in [0.4, 0.5) is 5.82 Å². The van der Waals surface area contributed by atoms with E-state index in [-0.39, 0.29) is 0 Å². The third-order valence-corrected chi connectivity index (χ3v) is 3.22. The van der Waals surface area contributed by atoms with Crippen LogP contribution >= 0.6 is 11.5 Å². The molecule has 0 atom stereocenters. The molecular formula is C9H11N5S. The Morgan fingerprint density at radius 1 is 1.53 bits per heavy atom. The number of aromatic nitrogens is 4. The first kappa shape index (κ1) is 8.84. The van der Waals surface area contributed by atoms with Crippen LogP contribution in [0.25, 0.3) is 5.13 Å². The van der Waals surface area contributed by atoms with Crippen molar-refractivity contribution in [2.45, 2.75) is 25.7 Å². The minimum Gasteiger partial charge on any atom is -0.382 e. The van der Waals surface area contributed by atoms with Gasteiger partial charge in [-0.3, -0.25) is 0 Å². The van der Waals surface area contributed by atoms with Gasteiger partial charge < -0.3 is 5.73 Å². The lowest BCUT2D eigenvalue weighted by Crippen LogP contribution is -1.95. The topological polar surface area (TPSA) is 69.6 Å². The van der Waals surface area contributed by atoms with Gasteiger partial charge in [-0.1, -0.05) is 0 Å². The van der Waals surface area contributed by atoms with Crippen LogP contribution in [0, 0.1) is 6.92 Å². The van der Waals surface area contributed by atoms with Crippen molar-refractivity contribution in [3.05, 3.63) is 17.6 Å². The molecule has 2 heterocycles. The monoisotopic (exact) mass is 221 g/mol. The Bertz CT molecular complexity index is 477. The summed E-state index contributed by atoms with van der Waals surface area (Å²) in [4.78, 5) is 4.45. The molecule has 1 aliphatic rings. The number of nitrogen functional groups attached to an aromatic ring is 1. The SMILES string of the molecule is Cc1cn(-c2nc(C3CC3)ns2)nc1N. The molecule has 1 fully saturated rings. The molecular weight excluding hydrogens is 210 g/mol. The molecule has 78 valence electrons. The zero-order chi connectivity index (χ0) is 10.4. The van der Waals surface area contributed by atoms with Crippen LogP contribution in [0.1, 0.15) is 30.1 Å². The molecule has 0 unspecified atom stereocenters. The van der Waals surface area contributed by atoms with Crippen LogP contribution < -0.4 is 5.73 Å². The number of anilines is 1. The fraction of sp³-hybridized carbons (Fsp3) is 0.444. The summed E-state index contributed by atoms with van der Waals surface area (Å²) in [5, 5.41) is 4.98. The quantitative estimate of drug-likeness (QED) is 0.834. The predicted molar refractivity (Wildman–Crippen MR) is 58.2 cm³/mol. The Morgan fingerprint density at radius 3 is 2.93 bits per heavy atom. The van der Waals surface area contributed by atoms with E-state index in [0.29, 0.717) is 11.7 Å². The molecule has 0 saturated heterocycles. The lowest BCUT2D eigenvalue weighted by Gasteiger charge is -1.90. The summed E-state index contributed by atoms with van der Waals surface area (Å²) in [6, 6.07) is 0. The van der Waals surface area contributed by atoms with E-state index in [2.05, 4.69) is 14.5 Å². The first-order valence-corrected chi connectivity index (χ1v) is 5.67. The van der Waals surface area contributed by atoms with Gasteiger partial charge in [-0.15, -0.1) is 5.10 Å². The van der Waals surface area contributed by atoms with Crippen molar-refractivity contribution in [3.8, 4) is 5.13 Å². The number of aryl methyl sites for hydroxylation is 1. The van der Waals surface area contributed by atoms with Crippen LogP contribution in [0.2, 0.25) is 0 Å². The van der Waals surface area contributed by atoms with Gasteiger partial charge in [0.1, 0.15) is 11.6 Å². The summed E-state index contributed by atoms with van der Waals surface area (Å²) in [6.45, 7) is 1.93. The lowest BCUT2D eigenvalue weighted by atomic mass is 10.4. The Balaban J connectivity index is 1.97. The van der Waals surface area contributed by atoms with Crippen molar-refractivity contribution in [2.24, 2.45) is 0 Å². The van der Waals surface area contributed by atoms with Gasteiger partial charge in [0.2, 0.25) is 5.13 Å². The maximum absolute atomic E-state index is 5.68. The van der Waals surface area contributed by atoms with Crippen molar-refractivity contribution in [3.63, 3.8) is 0 Å². The Kier molecular flexibility index (Phi) is 1.79. The molecule has 2 aromatic rings. The third kappa shape index (κ3) is 1.50. The molecule has 0 bridgehead atoms. The number of nitrogens with zero attached hydrogens (tertiary/aromatic N) is 4. The molecule has 3 rings (SSSR count). The molecule has 2 aromatic heterocycles. The minimum atomic E-state index is 0.554. The van der Waals surface area contributed by atoms with Crippen LogP contribution in [-0.4, -0.2) is 19.1 Å². The summed E-state index contributed by atoms with van der Waals surface area (Å²) in [6.07, 6.45) is 4.32. The van der Waals surface area contributed by atoms with Gasteiger partial charge in [0.05, 0.1) is 0 Å². The number of hydrogen-bond acceptors (Lipinski definition) is 5. The molecule has 0 spiro atoms. The maximum Gasteiger partial charge on any atom is 0.230 e. The van der Waals surface area contributed by atoms with Gasteiger partial charge in [0.15, 0.2) is 0 Å². The lowest BCUT2D eigenvalue weighted by molar-refractivity contribution is 0.856. The highest BCUT2D eigenvalue weighted by Crippen LogP contribution is 2.39. The first-order valence-electron chi connectivity index (χ1n) is 4.90. The van der Waals surface area contributed by atoms with E-state index in [1.807, 2.05) is 13.1 Å². The van der Waals surface area contributed by atoms with Gasteiger partial charge in [0, 0.05) is 29.2 Å². The number of hydrogen-bond donors (Lipinski definition) is 1. The summed E-state index contributed by atoms with van der Waals surface area (Å²) < 4.78 is 6.02. The van der Waals surface area contributed by atoms with Crippen molar-refractivity contribution in [1.29, 1.82) is 0 Å². The molecule has 15 heavy (non-hydrogen) atoms. The smallest absolute Gasteiger partial charge is 0.230 e. The van der Waals surface area contributed by atoms with E-state index in [9.17, 15) is 0 Å². The molecule has 0 radical (unpaired) electrons. The molecule has 6 heteroatoms. The highest BCUT2D eigenvalue weighted by molar-refractivity contribution is 7.08. The Hall–Kier alpha value is -1.43. The second kappa shape index (κ2) is 3.03. The fourth-order valence-electron chi connectivity index (χ4n) is 1.40. The van der Waals surface area contributed by atoms with E-state index in [1.165, 1.54) is 24.4 Å². The standard InChI is InChI=1S/C9H11N5S/c1-5-4-14(12-7(5)10)9-11-8(13-15-9)6-2-3-6/h4,6H,2-3H2,1H3,(H2,10,12). The van der Waals surface area contributed by atoms with Crippen molar-refractivity contribution < 1.29 is 0 Å². The van der Waals surface area contributed by atoms with Gasteiger partial charge in [-0.25, -0.2) is 9.67 Å². The summed E-state index contributed by atoms with van der Waals surface area (Å²) in [5.41, 5.74) is 6.65. The second-order valence-electron chi connectivity index (χ2n) is 3.85. The van der Waals surface area contributed by atoms with Gasteiger partial charge >= 0.3 is 0 Å². The average Bonchev–Trinajstić information content (AvgIpc) is 2.85. The zero-order valence-corrected chi connectivity index (χ0v) is 9.16. The van der Waals surface area contributed by atoms with Crippen LogP contribution in [0.5, 0.6) is 0 Å². The highest BCUT2D eigenvalue weighted by atomic mass is 32.1. The number of nitrogens with two attached hydrogens (primary N) is 1. The predicted octanol–water partition coefficient (Wildman–Crippen LogP) is 1.49. The first-order chi connectivity index (χ1) is 7.24. The fourth-order valence-corrected chi connectivity index (χ4v) is 2.07. The molecule has 5 nitrogen and oxygen atoms in total. The summed E-state index contributed by atoms with van der Waals surface area (Å²) in [7, 11) is 0. The van der Waals surface area contributed by atoms with E-state index in [1.54, 1.807) is 4.68 Å². The van der Waals surface area contributed by atoms with E-state index in [4.69, 9.17) is 5.73 Å². The van der Waals surface area contributed by atoms with Gasteiger partial charge in [-0.2, -0.15) is 4.37 Å². The summed E-state index contributed by atoms with van der Waals surface area (Å²) in [5.74, 6) is 2.10. The molecule has 0 aromatic carbocycles. The van der Waals surface area contributed by atoms with Crippen LogP contribution in [0.3, 0.4) is 0 Å². The molecule has 1 aliphatic carbocycles. The molecule has 0 aliphatic heterocycles. The zero-order valence-electron chi connectivity index (χ0n) is 8.34. The highest BCUT2D eigenvalue weighted by Gasteiger charge is 2.28. The third-order valence-electron chi connectivity index (χ3n) is 2.50. The minimum absolute atomic E-state index is 0.554. The molecule has 1 saturated carbocycles. The van der Waals surface area contributed by atoms with E-state index < -0.39 is 0 Å². The molecule has 2 N–H and O–H groups in total. The number of rotatable bonds is 2. The Labute approximate surface area is 91.1 Å². The maximum atomic E-state index is 5.68. The van der Waals surface area contributed by atoms with Crippen LogP contribution in [0.15, 0.2) is 6.20 Å². The van der Waals surface area contributed by atoms with Gasteiger partial charge in [0.25, 0.3) is 0 Å². The van der Waals surface area contributed by atoms with E-state index >= 15 is 0 Å². The Morgan fingerprint density at radius 2 is 2.33 bits per heavy atom. The van der Waals surface area contributed by atoms with Crippen molar-refractivity contribution >= 4 is 17.4 Å². The van der Waals surface area contributed by atoms with Gasteiger partial charge in [-0.05, 0) is 19.8 Å². The molecule has 0 amide bonds. The largest absolute Gasteiger partial charge is 0.382 e. The van der Waals surface area contributed by atoms with Crippen LogP contribution in [-0.2, 0) is 0 Å². The van der Waals surface area contributed by atoms with E-state index in [0.717, 1.165) is 16.5 Å². The van der Waals surface area contributed by atoms with Crippen molar-refractivity contribution in [1.82, 2.24) is 19.1 Å². The average molecular weight is 221 g/mol. The van der Waals surface area contributed by atoms with Crippen molar-refractivity contribution in [2.75, 3.05) is 5.73 Å². The summed E-state index contributed by atoms with van der Waals surface area (Å²) >= 11 is 1.38. The second-order valence-corrected chi connectivity index (χ2v) is 4.58.